The standard InChI is InChI=1S/C8H10ClN3O2/c1-5(2)14-8(13)12-6-3-4-10-7(9)11-6/h3-5H,1-2H3,(H,10,11,12,13). The van der Waals surface area contributed by atoms with Gasteiger partial charge in [-0.25, -0.2) is 14.8 Å². The van der Waals surface area contributed by atoms with E-state index in [9.17, 15) is 4.79 Å². The van der Waals surface area contributed by atoms with Gasteiger partial charge in [-0.1, -0.05) is 0 Å². The summed E-state index contributed by atoms with van der Waals surface area (Å²) in [5, 5.41) is 2.49. The van der Waals surface area contributed by atoms with Crippen LogP contribution in [-0.4, -0.2) is 22.2 Å². The maximum absolute atomic E-state index is 11.1. The van der Waals surface area contributed by atoms with Gasteiger partial charge in [0.15, 0.2) is 0 Å². The van der Waals surface area contributed by atoms with Crippen LogP contribution in [0.5, 0.6) is 0 Å². The van der Waals surface area contributed by atoms with Crippen molar-refractivity contribution in [3.8, 4) is 0 Å². The fourth-order valence-electron chi connectivity index (χ4n) is 0.753. The highest BCUT2D eigenvalue weighted by Crippen LogP contribution is 2.06. The van der Waals surface area contributed by atoms with E-state index in [0.717, 1.165) is 0 Å². The van der Waals surface area contributed by atoms with Gasteiger partial charge in [-0.3, -0.25) is 5.32 Å². The zero-order valence-corrected chi connectivity index (χ0v) is 8.58. The van der Waals surface area contributed by atoms with Crippen molar-refractivity contribution in [1.29, 1.82) is 0 Å². The normalized spacial score (nSPS) is 10.0. The van der Waals surface area contributed by atoms with Crippen LogP contribution >= 0.6 is 11.6 Å². The molecule has 0 saturated carbocycles. The molecular weight excluding hydrogens is 206 g/mol. The molecule has 1 heterocycles. The minimum Gasteiger partial charge on any atom is -0.447 e. The Morgan fingerprint density at radius 2 is 2.36 bits per heavy atom. The number of hydrogen-bond acceptors (Lipinski definition) is 4. The largest absolute Gasteiger partial charge is 0.447 e. The molecule has 0 bridgehead atoms. The van der Waals surface area contributed by atoms with Gasteiger partial charge in [0.25, 0.3) is 0 Å². The maximum Gasteiger partial charge on any atom is 0.413 e. The number of hydrogen-bond donors (Lipinski definition) is 1. The highest BCUT2D eigenvalue weighted by atomic mass is 35.5. The first kappa shape index (κ1) is 10.7. The summed E-state index contributed by atoms with van der Waals surface area (Å²) in [5.74, 6) is 0.315. The van der Waals surface area contributed by atoms with E-state index < -0.39 is 6.09 Å². The van der Waals surface area contributed by atoms with Crippen LogP contribution in [0, 0.1) is 0 Å². The van der Waals surface area contributed by atoms with Gasteiger partial charge >= 0.3 is 6.09 Å². The molecule has 1 amide bonds. The van der Waals surface area contributed by atoms with E-state index in [-0.39, 0.29) is 11.4 Å². The number of halogens is 1. The van der Waals surface area contributed by atoms with E-state index in [1.807, 2.05) is 0 Å². The second-order valence-corrected chi connectivity index (χ2v) is 3.13. The van der Waals surface area contributed by atoms with Crippen molar-refractivity contribution in [2.24, 2.45) is 0 Å². The zero-order chi connectivity index (χ0) is 10.6. The zero-order valence-electron chi connectivity index (χ0n) is 7.82. The molecule has 76 valence electrons. The van der Waals surface area contributed by atoms with Gasteiger partial charge in [0.2, 0.25) is 5.28 Å². The number of anilines is 1. The summed E-state index contributed by atoms with van der Waals surface area (Å²) in [6.07, 6.45) is 0.711. The molecule has 0 spiro atoms. The number of carbonyl (C=O) groups excluding carboxylic acids is 1. The molecule has 0 aromatic carbocycles. The molecule has 1 rings (SSSR count). The lowest BCUT2D eigenvalue weighted by atomic mass is 10.5. The van der Waals surface area contributed by atoms with E-state index in [2.05, 4.69) is 15.3 Å². The van der Waals surface area contributed by atoms with Crippen molar-refractivity contribution in [1.82, 2.24) is 9.97 Å². The molecule has 0 fully saturated rings. The Hall–Kier alpha value is -1.36. The van der Waals surface area contributed by atoms with Crippen LogP contribution in [0.3, 0.4) is 0 Å². The van der Waals surface area contributed by atoms with Crippen LogP contribution in [0.2, 0.25) is 5.28 Å². The fraction of sp³-hybridized carbons (Fsp3) is 0.375. The van der Waals surface area contributed by atoms with Gasteiger partial charge in [0, 0.05) is 6.20 Å². The Bertz CT molecular complexity index is 330. The lowest BCUT2D eigenvalue weighted by molar-refractivity contribution is 0.130. The molecule has 14 heavy (non-hydrogen) atoms. The van der Waals surface area contributed by atoms with Crippen molar-refractivity contribution < 1.29 is 9.53 Å². The molecule has 0 radical (unpaired) electrons. The van der Waals surface area contributed by atoms with E-state index >= 15 is 0 Å². The summed E-state index contributed by atoms with van der Waals surface area (Å²) in [5.41, 5.74) is 0. The fourth-order valence-corrected chi connectivity index (χ4v) is 0.900. The van der Waals surface area contributed by atoms with Gasteiger partial charge < -0.3 is 4.74 Å². The second-order valence-electron chi connectivity index (χ2n) is 2.79. The molecule has 5 nitrogen and oxygen atoms in total. The highest BCUT2D eigenvalue weighted by Gasteiger charge is 2.06. The lowest BCUT2D eigenvalue weighted by Crippen LogP contribution is -2.18. The van der Waals surface area contributed by atoms with Crippen molar-refractivity contribution >= 4 is 23.5 Å². The summed E-state index contributed by atoms with van der Waals surface area (Å²) in [6, 6.07) is 1.52. The average Bonchev–Trinajstić information content (AvgIpc) is 2.01. The third-order valence-corrected chi connectivity index (χ3v) is 1.38. The number of rotatable bonds is 2. The Balaban J connectivity index is 2.56. The van der Waals surface area contributed by atoms with Crippen LogP contribution in [0.15, 0.2) is 12.3 Å². The molecule has 0 saturated heterocycles. The Morgan fingerprint density at radius 3 is 2.93 bits per heavy atom. The van der Waals surface area contributed by atoms with Crippen LogP contribution in [0.1, 0.15) is 13.8 Å². The Kier molecular flexibility index (Phi) is 3.64. The SMILES string of the molecule is CC(C)OC(=O)Nc1ccnc(Cl)n1. The number of nitrogens with one attached hydrogen (secondary N) is 1. The monoisotopic (exact) mass is 215 g/mol. The number of amides is 1. The highest BCUT2D eigenvalue weighted by molar-refractivity contribution is 6.28. The number of aromatic nitrogens is 2. The maximum atomic E-state index is 11.1. The first-order valence-electron chi connectivity index (χ1n) is 4.04. The Morgan fingerprint density at radius 1 is 1.64 bits per heavy atom. The summed E-state index contributed by atoms with van der Waals surface area (Å²) in [6.45, 7) is 3.51. The van der Waals surface area contributed by atoms with E-state index in [0.29, 0.717) is 5.82 Å². The molecule has 6 heteroatoms. The topological polar surface area (TPSA) is 64.1 Å². The van der Waals surface area contributed by atoms with E-state index in [4.69, 9.17) is 16.3 Å². The molecule has 1 N–H and O–H groups in total. The van der Waals surface area contributed by atoms with Crippen molar-refractivity contribution in [3.05, 3.63) is 17.5 Å². The predicted octanol–water partition coefficient (Wildman–Crippen LogP) is 2.09. The minimum atomic E-state index is -0.560. The lowest BCUT2D eigenvalue weighted by Gasteiger charge is -2.08. The molecule has 1 aromatic heterocycles. The van der Waals surface area contributed by atoms with Gasteiger partial charge in [-0.05, 0) is 31.5 Å². The quantitative estimate of drug-likeness (QED) is 0.768. The third kappa shape index (κ3) is 3.57. The number of ether oxygens (including phenoxy) is 1. The molecular formula is C8H10ClN3O2. The molecule has 0 unspecified atom stereocenters. The predicted molar refractivity (Wildman–Crippen MR) is 52.3 cm³/mol. The third-order valence-electron chi connectivity index (χ3n) is 1.20. The molecule has 0 atom stereocenters. The average molecular weight is 216 g/mol. The summed E-state index contributed by atoms with van der Waals surface area (Å²) in [4.78, 5) is 18.5. The van der Waals surface area contributed by atoms with Crippen LogP contribution < -0.4 is 5.32 Å². The van der Waals surface area contributed by atoms with E-state index in [1.54, 1.807) is 13.8 Å². The smallest absolute Gasteiger partial charge is 0.413 e. The first-order chi connectivity index (χ1) is 6.58. The van der Waals surface area contributed by atoms with Crippen molar-refractivity contribution in [2.75, 3.05) is 5.32 Å². The Labute approximate surface area is 86.5 Å². The van der Waals surface area contributed by atoms with Gasteiger partial charge in [-0.15, -0.1) is 0 Å². The van der Waals surface area contributed by atoms with Crippen LogP contribution in [0.25, 0.3) is 0 Å². The van der Waals surface area contributed by atoms with Crippen molar-refractivity contribution in [2.45, 2.75) is 20.0 Å². The second kappa shape index (κ2) is 4.76. The molecule has 0 aliphatic rings. The number of carbonyl (C=O) groups is 1. The molecule has 0 aliphatic carbocycles. The molecule has 0 aliphatic heterocycles. The first-order valence-corrected chi connectivity index (χ1v) is 4.42. The summed E-state index contributed by atoms with van der Waals surface area (Å²) in [7, 11) is 0. The summed E-state index contributed by atoms with van der Waals surface area (Å²) < 4.78 is 4.84. The number of nitrogens with zero attached hydrogens (tertiary/aromatic N) is 2. The van der Waals surface area contributed by atoms with Gasteiger partial charge in [0.05, 0.1) is 6.10 Å². The van der Waals surface area contributed by atoms with Crippen molar-refractivity contribution in [3.63, 3.8) is 0 Å². The van der Waals surface area contributed by atoms with Gasteiger partial charge in [0.1, 0.15) is 5.82 Å². The van der Waals surface area contributed by atoms with Gasteiger partial charge in [-0.2, -0.15) is 0 Å². The van der Waals surface area contributed by atoms with Crippen LogP contribution in [-0.2, 0) is 4.74 Å². The minimum absolute atomic E-state index is 0.0762. The molecule has 1 aromatic rings. The summed E-state index contributed by atoms with van der Waals surface area (Å²) >= 11 is 5.52. The van der Waals surface area contributed by atoms with Crippen LogP contribution in [0.4, 0.5) is 10.6 Å². The van der Waals surface area contributed by atoms with E-state index in [1.165, 1.54) is 12.3 Å².